The van der Waals surface area contributed by atoms with Crippen molar-refractivity contribution in [1.29, 1.82) is 0 Å². The average Bonchev–Trinajstić information content (AvgIpc) is 2.44. The molecule has 0 atom stereocenters. The van der Waals surface area contributed by atoms with Crippen LogP contribution in [0, 0.1) is 0 Å². The number of nitrogens with one attached hydrogen (secondary N) is 1. The van der Waals surface area contributed by atoms with Gasteiger partial charge in [0.15, 0.2) is 11.5 Å². The van der Waals surface area contributed by atoms with Gasteiger partial charge < -0.3 is 15.2 Å². The van der Waals surface area contributed by atoms with Crippen LogP contribution in [0.15, 0.2) is 30.6 Å². The minimum absolute atomic E-state index is 0.0302. The normalized spacial score (nSPS) is 10.6. The third kappa shape index (κ3) is 3.75. The lowest BCUT2D eigenvalue weighted by Gasteiger charge is -2.11. The number of anilines is 1. The highest BCUT2D eigenvalue weighted by Crippen LogP contribution is 2.31. The van der Waals surface area contributed by atoms with E-state index >= 15 is 0 Å². The third-order valence-electron chi connectivity index (χ3n) is 2.53. The summed E-state index contributed by atoms with van der Waals surface area (Å²) in [5.74, 6) is -1.71. The number of aromatic hydroxyl groups is 1. The Morgan fingerprint density at radius 3 is 2.50 bits per heavy atom. The molecule has 0 unspecified atom stereocenters. The summed E-state index contributed by atoms with van der Waals surface area (Å²) in [6.07, 6.45) is 2.57. The summed E-state index contributed by atoms with van der Waals surface area (Å²) in [5.41, 5.74) is 0.102. The van der Waals surface area contributed by atoms with Crippen molar-refractivity contribution in [2.75, 3.05) is 5.32 Å². The van der Waals surface area contributed by atoms with Crippen molar-refractivity contribution < 1.29 is 23.4 Å². The number of rotatable bonds is 4. The Bertz CT molecular complexity index is 693. The van der Waals surface area contributed by atoms with Gasteiger partial charge in [-0.2, -0.15) is 8.78 Å². The predicted molar refractivity (Wildman–Crippen MR) is 76.9 cm³/mol. The first-order valence-electron chi connectivity index (χ1n) is 5.76. The van der Waals surface area contributed by atoms with Crippen LogP contribution in [0.2, 0.25) is 10.0 Å². The van der Waals surface area contributed by atoms with E-state index in [1.54, 1.807) is 0 Å². The van der Waals surface area contributed by atoms with Gasteiger partial charge in [-0.3, -0.25) is 9.78 Å². The van der Waals surface area contributed by atoms with E-state index in [2.05, 4.69) is 15.0 Å². The van der Waals surface area contributed by atoms with Gasteiger partial charge in [-0.1, -0.05) is 23.2 Å². The number of aromatic nitrogens is 1. The van der Waals surface area contributed by atoms with Crippen molar-refractivity contribution in [2.24, 2.45) is 0 Å². The molecule has 0 spiro atoms. The van der Waals surface area contributed by atoms with Crippen molar-refractivity contribution in [3.8, 4) is 11.5 Å². The Balaban J connectivity index is 2.26. The van der Waals surface area contributed by atoms with Gasteiger partial charge in [0, 0.05) is 18.0 Å². The largest absolute Gasteiger partial charge is 0.504 e. The molecule has 0 radical (unpaired) electrons. The van der Waals surface area contributed by atoms with Gasteiger partial charge in [0.1, 0.15) is 0 Å². The topological polar surface area (TPSA) is 71.5 Å². The van der Waals surface area contributed by atoms with E-state index in [-0.39, 0.29) is 21.3 Å². The second-order valence-corrected chi connectivity index (χ2v) is 4.81. The smallest absolute Gasteiger partial charge is 0.387 e. The first-order valence-corrected chi connectivity index (χ1v) is 6.52. The lowest BCUT2D eigenvalue weighted by molar-refractivity contribution is -0.0512. The van der Waals surface area contributed by atoms with Gasteiger partial charge >= 0.3 is 6.61 Å². The van der Waals surface area contributed by atoms with E-state index in [0.29, 0.717) is 0 Å². The molecule has 1 aromatic carbocycles. The molecule has 0 aliphatic heterocycles. The number of carbonyl (C=O) groups excluding carboxylic acids is 1. The Kier molecular flexibility index (Phi) is 4.99. The van der Waals surface area contributed by atoms with Crippen LogP contribution in [0.5, 0.6) is 11.5 Å². The average molecular weight is 349 g/mol. The van der Waals surface area contributed by atoms with Gasteiger partial charge in [0.2, 0.25) is 0 Å². The first kappa shape index (κ1) is 16.3. The van der Waals surface area contributed by atoms with Gasteiger partial charge in [0.05, 0.1) is 15.7 Å². The van der Waals surface area contributed by atoms with Crippen LogP contribution in [0.1, 0.15) is 10.4 Å². The van der Waals surface area contributed by atoms with Gasteiger partial charge in [0.25, 0.3) is 5.91 Å². The van der Waals surface area contributed by atoms with Crippen LogP contribution in [0.4, 0.5) is 14.5 Å². The SMILES string of the molecule is O=C(Nc1c(Cl)cncc1Cl)c1ccc(O)c(OC(F)F)c1. The number of ether oxygens (including phenoxy) is 1. The summed E-state index contributed by atoms with van der Waals surface area (Å²) in [6, 6.07) is 3.26. The summed E-state index contributed by atoms with van der Waals surface area (Å²) in [4.78, 5) is 15.8. The van der Waals surface area contributed by atoms with E-state index in [9.17, 15) is 18.7 Å². The summed E-state index contributed by atoms with van der Waals surface area (Å²) in [5, 5.41) is 12.1. The Morgan fingerprint density at radius 2 is 1.91 bits per heavy atom. The molecule has 2 rings (SSSR count). The molecule has 22 heavy (non-hydrogen) atoms. The maximum atomic E-state index is 12.2. The number of carbonyl (C=O) groups is 1. The fraction of sp³-hybridized carbons (Fsp3) is 0.0769. The lowest BCUT2D eigenvalue weighted by Crippen LogP contribution is -2.13. The van der Waals surface area contributed by atoms with E-state index in [4.69, 9.17) is 23.2 Å². The van der Waals surface area contributed by atoms with Crippen LogP contribution in [-0.4, -0.2) is 22.6 Å². The van der Waals surface area contributed by atoms with Crippen LogP contribution >= 0.6 is 23.2 Å². The number of alkyl halides is 2. The van der Waals surface area contributed by atoms with Crippen molar-refractivity contribution in [1.82, 2.24) is 4.98 Å². The zero-order valence-electron chi connectivity index (χ0n) is 10.7. The van der Waals surface area contributed by atoms with Gasteiger partial charge in [-0.25, -0.2) is 0 Å². The Labute approximate surface area is 133 Å². The van der Waals surface area contributed by atoms with Crippen LogP contribution in [-0.2, 0) is 0 Å². The number of hydrogen-bond donors (Lipinski definition) is 2. The van der Waals surface area contributed by atoms with Crippen molar-refractivity contribution in [3.05, 3.63) is 46.2 Å². The summed E-state index contributed by atoms with van der Waals surface area (Å²) < 4.78 is 28.5. The number of benzene rings is 1. The molecule has 0 aliphatic rings. The maximum Gasteiger partial charge on any atom is 0.387 e. The molecule has 0 aliphatic carbocycles. The van der Waals surface area contributed by atoms with Crippen LogP contribution in [0.3, 0.4) is 0 Å². The minimum Gasteiger partial charge on any atom is -0.504 e. The fourth-order valence-electron chi connectivity index (χ4n) is 1.56. The van der Waals surface area contributed by atoms with Crippen molar-refractivity contribution in [2.45, 2.75) is 6.61 Å². The van der Waals surface area contributed by atoms with Crippen molar-refractivity contribution in [3.63, 3.8) is 0 Å². The number of nitrogens with zero attached hydrogens (tertiary/aromatic N) is 1. The molecule has 1 amide bonds. The number of phenols is 1. The van der Waals surface area contributed by atoms with E-state index in [1.165, 1.54) is 18.5 Å². The van der Waals surface area contributed by atoms with E-state index < -0.39 is 24.0 Å². The minimum atomic E-state index is -3.13. The van der Waals surface area contributed by atoms with Crippen molar-refractivity contribution >= 4 is 34.8 Å². The first-order chi connectivity index (χ1) is 10.4. The molecule has 1 heterocycles. The molecule has 0 bridgehead atoms. The second kappa shape index (κ2) is 6.76. The van der Waals surface area contributed by atoms with Crippen LogP contribution < -0.4 is 10.1 Å². The zero-order valence-corrected chi connectivity index (χ0v) is 12.2. The molecule has 1 aromatic heterocycles. The van der Waals surface area contributed by atoms with E-state index in [0.717, 1.165) is 12.1 Å². The fourth-order valence-corrected chi connectivity index (χ4v) is 2.02. The summed E-state index contributed by atoms with van der Waals surface area (Å²) in [7, 11) is 0. The molecule has 9 heteroatoms. The number of amides is 1. The number of hydrogen-bond acceptors (Lipinski definition) is 4. The number of phenolic OH excluding ortho intramolecular Hbond substituents is 1. The van der Waals surface area contributed by atoms with Gasteiger partial charge in [-0.05, 0) is 18.2 Å². The van der Waals surface area contributed by atoms with Crippen LogP contribution in [0.25, 0.3) is 0 Å². The molecule has 116 valence electrons. The molecular formula is C13H8Cl2F2N2O3. The second-order valence-electron chi connectivity index (χ2n) is 3.99. The highest BCUT2D eigenvalue weighted by Gasteiger charge is 2.16. The Morgan fingerprint density at radius 1 is 1.27 bits per heavy atom. The molecule has 0 fully saturated rings. The molecule has 2 aromatic rings. The number of halogens is 4. The number of pyridine rings is 1. The molecule has 0 saturated carbocycles. The molecule has 5 nitrogen and oxygen atoms in total. The van der Waals surface area contributed by atoms with Gasteiger partial charge in [-0.15, -0.1) is 0 Å². The monoisotopic (exact) mass is 348 g/mol. The quantitative estimate of drug-likeness (QED) is 0.877. The summed E-state index contributed by atoms with van der Waals surface area (Å²) in [6.45, 7) is -3.13. The standard InChI is InChI=1S/C13H8Cl2F2N2O3/c14-7-4-18-5-8(15)11(7)19-12(21)6-1-2-9(20)10(3-6)22-13(16)17/h1-5,13,20H,(H,18,19,21). The molecular weight excluding hydrogens is 341 g/mol. The predicted octanol–water partition coefficient (Wildman–Crippen LogP) is 3.95. The highest BCUT2D eigenvalue weighted by atomic mass is 35.5. The lowest BCUT2D eigenvalue weighted by atomic mass is 10.2. The third-order valence-corrected chi connectivity index (χ3v) is 3.10. The zero-order chi connectivity index (χ0) is 16.3. The Hall–Kier alpha value is -2.12. The molecule has 0 saturated heterocycles. The highest BCUT2D eigenvalue weighted by molar-refractivity contribution is 6.39. The maximum absolute atomic E-state index is 12.2. The van der Waals surface area contributed by atoms with E-state index in [1.807, 2.05) is 0 Å². The molecule has 2 N–H and O–H groups in total. The summed E-state index contributed by atoms with van der Waals surface area (Å²) >= 11 is 11.7.